The van der Waals surface area contributed by atoms with Gasteiger partial charge in [-0.15, -0.1) is 35.3 Å². The van der Waals surface area contributed by atoms with Gasteiger partial charge in [-0.2, -0.15) is 0 Å². The Morgan fingerprint density at radius 2 is 1.92 bits per heavy atom. The van der Waals surface area contributed by atoms with E-state index in [1.54, 1.807) is 18.4 Å². The molecule has 26 heavy (non-hydrogen) atoms. The first-order valence-corrected chi connectivity index (χ1v) is 9.31. The smallest absolute Gasteiger partial charge is 0.224 e. The number of anilines is 1. The van der Waals surface area contributed by atoms with Crippen molar-refractivity contribution in [2.45, 2.75) is 39.8 Å². The Morgan fingerprint density at radius 3 is 2.58 bits per heavy atom. The number of guanidine groups is 1. The van der Waals surface area contributed by atoms with Crippen LogP contribution in [0.2, 0.25) is 0 Å². The second kappa shape index (κ2) is 11.9. The van der Waals surface area contributed by atoms with Crippen molar-refractivity contribution >= 4 is 52.9 Å². The molecule has 0 bridgehead atoms. The van der Waals surface area contributed by atoms with Gasteiger partial charge in [0.15, 0.2) is 5.96 Å². The van der Waals surface area contributed by atoms with Gasteiger partial charge in [-0.1, -0.05) is 19.1 Å². The van der Waals surface area contributed by atoms with Crippen LogP contribution in [0.25, 0.3) is 0 Å². The lowest BCUT2D eigenvalue weighted by atomic mass is 10.2. The number of thiophene rings is 1. The zero-order valence-corrected chi connectivity index (χ0v) is 18.6. The first-order chi connectivity index (χ1) is 12.1. The Hall–Kier alpha value is -1.61. The molecule has 1 aromatic carbocycles. The molecule has 1 heterocycles. The highest BCUT2D eigenvalue weighted by Gasteiger charge is 2.03. The van der Waals surface area contributed by atoms with Gasteiger partial charge in [0.05, 0.1) is 6.54 Å². The molecule has 0 atom stereocenters. The summed E-state index contributed by atoms with van der Waals surface area (Å²) in [6.45, 7) is 5.50. The maximum atomic E-state index is 11.7. The Morgan fingerprint density at radius 1 is 1.15 bits per heavy atom. The molecule has 0 spiro atoms. The van der Waals surface area contributed by atoms with Crippen molar-refractivity contribution in [3.63, 3.8) is 0 Å². The molecule has 3 N–H and O–H groups in total. The molecule has 142 valence electrons. The maximum absolute atomic E-state index is 11.7. The van der Waals surface area contributed by atoms with E-state index in [4.69, 9.17) is 0 Å². The molecule has 7 heteroatoms. The third kappa shape index (κ3) is 7.74. The molecule has 0 aliphatic carbocycles. The maximum Gasteiger partial charge on any atom is 0.224 e. The Kier molecular flexibility index (Phi) is 10.3. The van der Waals surface area contributed by atoms with Crippen LogP contribution in [0.15, 0.2) is 41.4 Å². The summed E-state index contributed by atoms with van der Waals surface area (Å²) in [5.74, 6) is 0.808. The van der Waals surface area contributed by atoms with Crippen molar-refractivity contribution in [2.75, 3.05) is 12.4 Å². The minimum atomic E-state index is 0. The average molecular weight is 486 g/mol. The molecule has 2 aromatic rings. The number of benzene rings is 1. The second-order valence-corrected chi connectivity index (χ2v) is 7.16. The van der Waals surface area contributed by atoms with E-state index < -0.39 is 0 Å². The van der Waals surface area contributed by atoms with E-state index in [-0.39, 0.29) is 29.9 Å². The topological polar surface area (TPSA) is 65.5 Å². The van der Waals surface area contributed by atoms with Gasteiger partial charge in [0, 0.05) is 35.5 Å². The monoisotopic (exact) mass is 486 g/mol. The number of nitrogens with zero attached hydrogens (tertiary/aromatic N) is 1. The fraction of sp³-hybridized carbons (Fsp3) is 0.368. The van der Waals surface area contributed by atoms with Gasteiger partial charge in [0.1, 0.15) is 0 Å². The number of carbonyl (C=O) groups is 1. The normalized spacial score (nSPS) is 10.8. The molecule has 0 fully saturated rings. The average Bonchev–Trinajstić information content (AvgIpc) is 3.01. The molecule has 0 aliphatic heterocycles. The minimum Gasteiger partial charge on any atom is -0.352 e. The summed E-state index contributed by atoms with van der Waals surface area (Å²) in [4.78, 5) is 18.5. The van der Waals surface area contributed by atoms with Crippen LogP contribution in [0, 0.1) is 6.92 Å². The first kappa shape index (κ1) is 22.4. The van der Waals surface area contributed by atoms with Gasteiger partial charge in [0.2, 0.25) is 5.91 Å². The van der Waals surface area contributed by atoms with Gasteiger partial charge in [0.25, 0.3) is 0 Å². The molecule has 1 aromatic heterocycles. The Bertz CT molecular complexity index is 730. The third-order valence-corrected chi connectivity index (χ3v) is 4.60. The van der Waals surface area contributed by atoms with Crippen LogP contribution in [0.1, 0.15) is 35.1 Å². The lowest BCUT2D eigenvalue weighted by Crippen LogP contribution is -2.36. The molecule has 1 amide bonds. The number of rotatable bonds is 7. The number of aryl methyl sites for hydroxylation is 1. The summed E-state index contributed by atoms with van der Waals surface area (Å²) in [5.41, 5.74) is 1.92. The van der Waals surface area contributed by atoms with Crippen molar-refractivity contribution in [1.82, 2.24) is 10.6 Å². The van der Waals surface area contributed by atoms with Gasteiger partial charge < -0.3 is 16.0 Å². The van der Waals surface area contributed by atoms with Gasteiger partial charge in [-0.05, 0) is 43.2 Å². The molecular formula is C19H27IN4OS. The van der Waals surface area contributed by atoms with Gasteiger partial charge in [-0.3, -0.25) is 9.79 Å². The number of amides is 1. The highest BCUT2D eigenvalue weighted by atomic mass is 127. The van der Waals surface area contributed by atoms with Gasteiger partial charge in [-0.25, -0.2) is 0 Å². The van der Waals surface area contributed by atoms with Crippen molar-refractivity contribution in [3.8, 4) is 0 Å². The summed E-state index contributed by atoms with van der Waals surface area (Å²) in [6, 6.07) is 12.1. The number of nitrogens with one attached hydrogen (secondary N) is 3. The van der Waals surface area contributed by atoms with Crippen molar-refractivity contribution in [1.29, 1.82) is 0 Å². The minimum absolute atomic E-state index is 0. The molecule has 5 nitrogen and oxygen atoms in total. The van der Waals surface area contributed by atoms with Crippen LogP contribution in [0.4, 0.5) is 5.69 Å². The summed E-state index contributed by atoms with van der Waals surface area (Å²) in [7, 11) is 1.76. The van der Waals surface area contributed by atoms with E-state index in [9.17, 15) is 4.79 Å². The standard InChI is InChI=1S/C19H26N4OS.HI/c1-4-6-18(24)23-16-8-5-7-15(11-16)12-21-19(20-3)22-13-17-10-9-14(2)25-17;/h5,7-11H,4,6,12-13H2,1-3H3,(H,23,24)(H2,20,21,22);1H. The summed E-state index contributed by atoms with van der Waals surface area (Å²) in [6.07, 6.45) is 1.39. The fourth-order valence-electron chi connectivity index (χ4n) is 2.37. The van der Waals surface area contributed by atoms with Crippen molar-refractivity contribution in [2.24, 2.45) is 4.99 Å². The number of hydrogen-bond acceptors (Lipinski definition) is 3. The number of aliphatic imine (C=N–C) groups is 1. The van der Waals surface area contributed by atoms with E-state index in [0.717, 1.165) is 30.2 Å². The number of carbonyl (C=O) groups excluding carboxylic acids is 1. The van der Waals surface area contributed by atoms with E-state index in [1.807, 2.05) is 31.2 Å². The van der Waals surface area contributed by atoms with E-state index >= 15 is 0 Å². The fourth-order valence-corrected chi connectivity index (χ4v) is 3.20. The Labute approximate surface area is 176 Å². The zero-order chi connectivity index (χ0) is 18.1. The Balaban J connectivity index is 0.00000338. The highest BCUT2D eigenvalue weighted by molar-refractivity contribution is 14.0. The SMILES string of the molecule is CCCC(=O)Nc1cccc(CNC(=NC)NCc2ccc(C)s2)c1.I. The number of halogens is 1. The van der Waals surface area contributed by atoms with Crippen LogP contribution in [0.5, 0.6) is 0 Å². The quantitative estimate of drug-likeness (QED) is 0.311. The van der Waals surface area contributed by atoms with Crippen LogP contribution < -0.4 is 16.0 Å². The predicted molar refractivity (Wildman–Crippen MR) is 121 cm³/mol. The van der Waals surface area contributed by atoms with E-state index in [2.05, 4.69) is 40.0 Å². The zero-order valence-electron chi connectivity index (χ0n) is 15.5. The highest BCUT2D eigenvalue weighted by Crippen LogP contribution is 2.14. The van der Waals surface area contributed by atoms with E-state index in [0.29, 0.717) is 13.0 Å². The number of hydrogen-bond donors (Lipinski definition) is 3. The lowest BCUT2D eigenvalue weighted by molar-refractivity contribution is -0.116. The van der Waals surface area contributed by atoms with Crippen LogP contribution >= 0.6 is 35.3 Å². The van der Waals surface area contributed by atoms with Crippen molar-refractivity contribution < 1.29 is 4.79 Å². The molecular weight excluding hydrogens is 459 g/mol. The molecule has 0 unspecified atom stereocenters. The van der Waals surface area contributed by atoms with Gasteiger partial charge >= 0.3 is 0 Å². The van der Waals surface area contributed by atoms with E-state index in [1.165, 1.54) is 9.75 Å². The van der Waals surface area contributed by atoms with Crippen LogP contribution in [0.3, 0.4) is 0 Å². The molecule has 0 radical (unpaired) electrons. The lowest BCUT2D eigenvalue weighted by Gasteiger charge is -2.12. The molecule has 2 rings (SSSR count). The summed E-state index contributed by atoms with van der Waals surface area (Å²) in [5, 5.41) is 9.53. The largest absolute Gasteiger partial charge is 0.352 e. The summed E-state index contributed by atoms with van der Waals surface area (Å²) < 4.78 is 0. The van der Waals surface area contributed by atoms with Crippen LogP contribution in [-0.2, 0) is 17.9 Å². The van der Waals surface area contributed by atoms with Crippen LogP contribution in [-0.4, -0.2) is 18.9 Å². The molecule has 0 aliphatic rings. The first-order valence-electron chi connectivity index (χ1n) is 8.49. The van der Waals surface area contributed by atoms with Crippen molar-refractivity contribution in [3.05, 3.63) is 51.7 Å². The predicted octanol–water partition coefficient (Wildman–Crippen LogP) is 4.28. The molecule has 0 saturated heterocycles. The second-order valence-electron chi connectivity index (χ2n) is 5.79. The molecule has 0 saturated carbocycles. The third-order valence-electron chi connectivity index (χ3n) is 3.60. The summed E-state index contributed by atoms with van der Waals surface area (Å²) >= 11 is 1.78.